The van der Waals surface area contributed by atoms with E-state index in [1.54, 1.807) is 0 Å². The maximum atomic E-state index is 11.9. The Balaban J connectivity index is 1.33. The van der Waals surface area contributed by atoms with E-state index in [0.29, 0.717) is 13.2 Å². The highest BCUT2D eigenvalue weighted by molar-refractivity contribution is 5.79. The van der Waals surface area contributed by atoms with Gasteiger partial charge in [0.1, 0.15) is 13.2 Å². The molecular formula is C24H32N2O6. The predicted molar refractivity (Wildman–Crippen MR) is 118 cm³/mol. The van der Waals surface area contributed by atoms with Crippen LogP contribution < -0.4 is 10.6 Å². The van der Waals surface area contributed by atoms with Crippen molar-refractivity contribution >= 4 is 17.4 Å². The molecule has 8 nitrogen and oxygen atoms in total. The normalized spacial score (nSPS) is 28.2. The Labute approximate surface area is 188 Å². The zero-order valence-electron chi connectivity index (χ0n) is 18.3. The number of benzene rings is 1. The van der Waals surface area contributed by atoms with Crippen LogP contribution in [0, 0.1) is 0 Å². The van der Waals surface area contributed by atoms with Gasteiger partial charge in [-0.25, -0.2) is 4.79 Å². The molecule has 0 bridgehead atoms. The fraction of sp³-hybridized carbons (Fsp3) is 0.583. The van der Waals surface area contributed by atoms with Crippen LogP contribution in [0.25, 0.3) is 5.57 Å². The maximum absolute atomic E-state index is 11.9. The van der Waals surface area contributed by atoms with Crippen molar-refractivity contribution in [3.8, 4) is 0 Å². The van der Waals surface area contributed by atoms with Crippen molar-refractivity contribution in [2.45, 2.75) is 56.4 Å². The number of hydrogen-bond acceptors (Lipinski definition) is 6. The van der Waals surface area contributed by atoms with E-state index >= 15 is 0 Å². The number of carbonyl (C=O) groups is 2. The highest BCUT2D eigenvalue weighted by atomic mass is 16.5. The molecule has 8 heteroatoms. The molecule has 0 aromatic heterocycles. The zero-order valence-corrected chi connectivity index (χ0v) is 18.3. The van der Waals surface area contributed by atoms with Crippen molar-refractivity contribution in [1.82, 2.24) is 10.6 Å². The smallest absolute Gasteiger partial charge is 0.329 e. The first kappa shape index (κ1) is 22.9. The molecule has 2 fully saturated rings. The molecule has 0 radical (unpaired) electrons. The van der Waals surface area contributed by atoms with E-state index in [0.717, 1.165) is 49.8 Å². The van der Waals surface area contributed by atoms with Gasteiger partial charge < -0.3 is 30.0 Å². The average molecular weight is 445 g/mol. The fourth-order valence-corrected chi connectivity index (χ4v) is 4.91. The van der Waals surface area contributed by atoms with E-state index in [-0.39, 0.29) is 43.4 Å². The number of nitrogens with one attached hydrogen (secondary N) is 2. The molecule has 4 rings (SSSR count). The summed E-state index contributed by atoms with van der Waals surface area (Å²) < 4.78 is 17.1. The Hall–Kier alpha value is -2.26. The highest BCUT2D eigenvalue weighted by Crippen LogP contribution is 2.32. The molecule has 3 aliphatic rings. The number of carboxylic acid groups (broad SMARTS) is 1. The lowest BCUT2D eigenvalue weighted by Crippen LogP contribution is -2.70. The van der Waals surface area contributed by atoms with Gasteiger partial charge in [0.2, 0.25) is 5.91 Å². The van der Waals surface area contributed by atoms with Crippen LogP contribution in [0.5, 0.6) is 0 Å². The summed E-state index contributed by atoms with van der Waals surface area (Å²) in [7, 11) is 0. The summed E-state index contributed by atoms with van der Waals surface area (Å²) >= 11 is 0. The van der Waals surface area contributed by atoms with Crippen molar-refractivity contribution in [2.24, 2.45) is 0 Å². The summed E-state index contributed by atoms with van der Waals surface area (Å²) in [5.74, 6) is -1.02. The van der Waals surface area contributed by atoms with Gasteiger partial charge in [0.15, 0.2) is 0 Å². The standard InChI is InChI=1S/C24H32N2O6/c27-22-14-31-16-24(26-22)10-3-11-25-21(24)13-32-19-8-6-17(7-9-19)20-5-2-1-4-18(20)12-30-15-23(28)29/h1-2,4-6,19,21,25H,3,7-16H2,(H,26,27)(H,28,29)/t19-,21?,24?/m1/s1. The minimum absolute atomic E-state index is 0.0398. The minimum atomic E-state index is -0.965. The summed E-state index contributed by atoms with van der Waals surface area (Å²) in [6, 6.07) is 8.02. The van der Waals surface area contributed by atoms with E-state index in [2.05, 4.69) is 22.8 Å². The zero-order chi connectivity index (χ0) is 22.4. The molecule has 1 aliphatic carbocycles. The van der Waals surface area contributed by atoms with Crippen LogP contribution in [0.4, 0.5) is 0 Å². The van der Waals surface area contributed by atoms with Gasteiger partial charge >= 0.3 is 5.97 Å². The second kappa shape index (κ2) is 10.6. The van der Waals surface area contributed by atoms with Crippen LogP contribution in [0.1, 0.15) is 43.2 Å². The fourth-order valence-electron chi connectivity index (χ4n) is 4.91. The lowest BCUT2D eigenvalue weighted by atomic mass is 9.82. The van der Waals surface area contributed by atoms with Gasteiger partial charge in [-0.05, 0) is 55.3 Å². The van der Waals surface area contributed by atoms with Crippen LogP contribution in [-0.4, -0.2) is 67.6 Å². The molecule has 174 valence electrons. The Kier molecular flexibility index (Phi) is 7.57. The molecule has 2 aliphatic heterocycles. The third kappa shape index (κ3) is 5.56. The number of piperidine rings is 1. The van der Waals surface area contributed by atoms with Crippen LogP contribution in [0.3, 0.4) is 0 Å². The van der Waals surface area contributed by atoms with Gasteiger partial charge in [-0.1, -0.05) is 30.3 Å². The molecule has 1 amide bonds. The molecule has 1 spiro atoms. The number of hydrogen-bond donors (Lipinski definition) is 3. The largest absolute Gasteiger partial charge is 0.480 e. The lowest BCUT2D eigenvalue weighted by molar-refractivity contribution is -0.142. The molecule has 0 saturated carbocycles. The van der Waals surface area contributed by atoms with Crippen molar-refractivity contribution in [3.63, 3.8) is 0 Å². The van der Waals surface area contributed by atoms with Gasteiger partial charge in [-0.2, -0.15) is 0 Å². The molecule has 2 heterocycles. The number of ether oxygens (including phenoxy) is 3. The number of amides is 1. The second-order valence-electron chi connectivity index (χ2n) is 8.81. The van der Waals surface area contributed by atoms with Crippen molar-refractivity contribution < 1.29 is 28.9 Å². The van der Waals surface area contributed by atoms with E-state index in [4.69, 9.17) is 19.3 Å². The van der Waals surface area contributed by atoms with Gasteiger partial charge in [0, 0.05) is 0 Å². The average Bonchev–Trinajstić information content (AvgIpc) is 2.79. The molecule has 3 atom stereocenters. The molecule has 1 aromatic rings. The molecule has 3 N–H and O–H groups in total. The Morgan fingerprint density at radius 1 is 1.31 bits per heavy atom. The summed E-state index contributed by atoms with van der Waals surface area (Å²) in [6.45, 7) is 2.09. The first-order valence-electron chi connectivity index (χ1n) is 11.4. The Bertz CT molecular complexity index is 853. The molecular weight excluding hydrogens is 412 g/mol. The van der Waals surface area contributed by atoms with E-state index in [1.165, 1.54) is 5.57 Å². The first-order chi connectivity index (χ1) is 15.6. The van der Waals surface area contributed by atoms with E-state index in [9.17, 15) is 9.59 Å². The number of carboxylic acids is 1. The van der Waals surface area contributed by atoms with Gasteiger partial charge in [0.25, 0.3) is 0 Å². The third-order valence-electron chi connectivity index (χ3n) is 6.55. The van der Waals surface area contributed by atoms with Crippen molar-refractivity contribution in [2.75, 3.05) is 33.0 Å². The predicted octanol–water partition coefficient (Wildman–Crippen LogP) is 1.88. The third-order valence-corrected chi connectivity index (χ3v) is 6.55. The second-order valence-corrected chi connectivity index (χ2v) is 8.81. The van der Waals surface area contributed by atoms with Crippen LogP contribution in [0.15, 0.2) is 30.3 Å². The van der Waals surface area contributed by atoms with Gasteiger partial charge in [-0.3, -0.25) is 4.79 Å². The minimum Gasteiger partial charge on any atom is -0.480 e. The van der Waals surface area contributed by atoms with Crippen LogP contribution >= 0.6 is 0 Å². The first-order valence-corrected chi connectivity index (χ1v) is 11.4. The van der Waals surface area contributed by atoms with Crippen molar-refractivity contribution in [3.05, 3.63) is 41.5 Å². The summed E-state index contributed by atoms with van der Waals surface area (Å²) in [5, 5.41) is 15.5. The number of carbonyl (C=O) groups excluding carboxylic acids is 1. The number of aliphatic carboxylic acids is 1. The summed E-state index contributed by atoms with van der Waals surface area (Å²) in [4.78, 5) is 22.7. The Morgan fingerprint density at radius 2 is 2.19 bits per heavy atom. The number of allylic oxidation sites excluding steroid dienone is 1. The molecule has 32 heavy (non-hydrogen) atoms. The topological polar surface area (TPSA) is 106 Å². The van der Waals surface area contributed by atoms with E-state index in [1.807, 2.05) is 18.2 Å². The number of rotatable bonds is 8. The Morgan fingerprint density at radius 3 is 2.97 bits per heavy atom. The lowest BCUT2D eigenvalue weighted by Gasteiger charge is -2.47. The monoisotopic (exact) mass is 444 g/mol. The van der Waals surface area contributed by atoms with Crippen LogP contribution in [0.2, 0.25) is 0 Å². The maximum Gasteiger partial charge on any atom is 0.329 e. The van der Waals surface area contributed by atoms with Gasteiger partial charge in [0.05, 0.1) is 37.5 Å². The molecule has 2 saturated heterocycles. The SMILES string of the molecule is O=C(O)COCc1ccccc1C1=CC[C@@H](OCC2NCCCC23COCC(=O)N3)CC1. The van der Waals surface area contributed by atoms with Crippen LogP contribution in [-0.2, 0) is 30.4 Å². The molecule has 1 aromatic carbocycles. The van der Waals surface area contributed by atoms with E-state index < -0.39 is 5.97 Å². The highest BCUT2D eigenvalue weighted by Gasteiger charge is 2.44. The quantitative estimate of drug-likeness (QED) is 0.562. The molecule has 2 unspecified atom stereocenters. The number of morpholine rings is 1. The van der Waals surface area contributed by atoms with Crippen molar-refractivity contribution in [1.29, 1.82) is 0 Å². The summed E-state index contributed by atoms with van der Waals surface area (Å²) in [6.07, 6.45) is 6.89. The summed E-state index contributed by atoms with van der Waals surface area (Å²) in [5.41, 5.74) is 2.99. The van der Waals surface area contributed by atoms with Gasteiger partial charge in [-0.15, -0.1) is 0 Å².